The number of amides is 1. The van der Waals surface area contributed by atoms with Gasteiger partial charge in [-0.2, -0.15) is 0 Å². The van der Waals surface area contributed by atoms with Crippen LogP contribution in [0.3, 0.4) is 0 Å². The number of fused-ring (bicyclic) bond motifs is 2. The number of hydrogen-bond acceptors (Lipinski definition) is 7. The van der Waals surface area contributed by atoms with Crippen molar-refractivity contribution in [3.63, 3.8) is 0 Å². The number of nitrogens with zero attached hydrogens (tertiary/aromatic N) is 7. The molecule has 178 valence electrons. The third-order valence-corrected chi connectivity index (χ3v) is 6.95. The molecule has 34 heavy (non-hydrogen) atoms. The molecule has 1 amide bonds. The summed E-state index contributed by atoms with van der Waals surface area (Å²) < 4.78 is 2.17. The van der Waals surface area contributed by atoms with E-state index in [0.29, 0.717) is 30.4 Å². The Morgan fingerprint density at radius 2 is 2.06 bits per heavy atom. The highest BCUT2D eigenvalue weighted by atomic mass is 16.2. The van der Waals surface area contributed by atoms with Crippen molar-refractivity contribution in [1.82, 2.24) is 30.0 Å². The van der Waals surface area contributed by atoms with Crippen LogP contribution >= 0.6 is 0 Å². The highest BCUT2D eigenvalue weighted by Gasteiger charge is 2.33. The van der Waals surface area contributed by atoms with Crippen molar-refractivity contribution in [2.45, 2.75) is 65.2 Å². The van der Waals surface area contributed by atoms with Gasteiger partial charge in [-0.05, 0) is 51.9 Å². The van der Waals surface area contributed by atoms with Crippen LogP contribution in [0.25, 0.3) is 11.5 Å². The first-order valence-electron chi connectivity index (χ1n) is 12.0. The van der Waals surface area contributed by atoms with E-state index >= 15 is 0 Å². The number of carbonyl (C=O) groups is 1. The molecule has 5 rings (SSSR count). The van der Waals surface area contributed by atoms with E-state index in [4.69, 9.17) is 9.97 Å². The van der Waals surface area contributed by atoms with Crippen LogP contribution in [0.15, 0.2) is 24.3 Å². The molecular formula is C25H32N8O. The number of pyridine rings is 2. The second-order valence-electron chi connectivity index (χ2n) is 9.54. The Bertz CT molecular complexity index is 1230. The summed E-state index contributed by atoms with van der Waals surface area (Å²) in [5.74, 6) is 3.56. The lowest BCUT2D eigenvalue weighted by molar-refractivity contribution is 0.0996. The Balaban J connectivity index is 1.51. The van der Waals surface area contributed by atoms with E-state index in [0.717, 1.165) is 53.8 Å². The summed E-state index contributed by atoms with van der Waals surface area (Å²) in [4.78, 5) is 27.1. The summed E-state index contributed by atoms with van der Waals surface area (Å²) in [5.41, 5.74) is 3.29. The van der Waals surface area contributed by atoms with Crippen molar-refractivity contribution < 1.29 is 4.79 Å². The van der Waals surface area contributed by atoms with Gasteiger partial charge in [-0.25, -0.2) is 9.97 Å². The highest BCUT2D eigenvalue weighted by Crippen LogP contribution is 2.33. The Morgan fingerprint density at radius 3 is 2.82 bits per heavy atom. The molecule has 0 aliphatic carbocycles. The van der Waals surface area contributed by atoms with E-state index in [1.54, 1.807) is 4.90 Å². The number of nitrogens with one attached hydrogen (secondary N) is 1. The zero-order chi connectivity index (χ0) is 24.0. The molecule has 5 heterocycles. The quantitative estimate of drug-likeness (QED) is 0.603. The van der Waals surface area contributed by atoms with Crippen molar-refractivity contribution in [2.75, 3.05) is 23.9 Å². The highest BCUT2D eigenvalue weighted by molar-refractivity contribution is 6.10. The summed E-state index contributed by atoms with van der Waals surface area (Å²) in [6.45, 7) is 8.36. The molecule has 9 heteroatoms. The van der Waals surface area contributed by atoms with Gasteiger partial charge in [0.2, 0.25) is 0 Å². The fourth-order valence-electron chi connectivity index (χ4n) is 4.77. The number of aromatic nitrogens is 5. The molecular weight excluding hydrogens is 428 g/mol. The molecule has 0 radical (unpaired) electrons. The average molecular weight is 461 g/mol. The minimum Gasteiger partial charge on any atom is -0.357 e. The van der Waals surface area contributed by atoms with Gasteiger partial charge in [-0.15, -0.1) is 10.2 Å². The molecule has 1 unspecified atom stereocenters. The number of hydrogen-bond donors (Lipinski definition) is 1. The molecule has 0 saturated carbocycles. The monoisotopic (exact) mass is 460 g/mol. The van der Waals surface area contributed by atoms with E-state index in [-0.39, 0.29) is 11.9 Å². The predicted octanol–water partition coefficient (Wildman–Crippen LogP) is 3.36. The summed E-state index contributed by atoms with van der Waals surface area (Å²) in [6, 6.07) is 7.95. The second-order valence-corrected chi connectivity index (χ2v) is 9.54. The largest absolute Gasteiger partial charge is 0.357 e. The summed E-state index contributed by atoms with van der Waals surface area (Å²) >= 11 is 0. The number of carbonyl (C=O) groups excluding carboxylic acids is 1. The molecule has 0 spiro atoms. The van der Waals surface area contributed by atoms with Crippen LogP contribution in [0.2, 0.25) is 0 Å². The molecule has 2 aliphatic rings. The minimum absolute atomic E-state index is 0.0466. The second kappa shape index (κ2) is 8.79. The maximum atomic E-state index is 13.6. The molecule has 2 aliphatic heterocycles. The zero-order valence-electron chi connectivity index (χ0n) is 20.5. The lowest BCUT2D eigenvalue weighted by Crippen LogP contribution is -2.27. The van der Waals surface area contributed by atoms with Crippen molar-refractivity contribution in [3.05, 3.63) is 46.9 Å². The van der Waals surface area contributed by atoms with Gasteiger partial charge in [0.05, 0.1) is 17.8 Å². The standard InChI is InChI=1S/C25H32N8O/c1-15(2)31(5)22-12-17-18(20(28-22)13-26-4)14-33(25(17)34)21-10-6-9-19(27-21)24-30-29-23-16(3)8-7-11-32(23)24/h6,9-10,12,15-16,26H,7-8,11,13-14H2,1-5H3. The average Bonchev–Trinajstić information content (AvgIpc) is 3.41. The van der Waals surface area contributed by atoms with Crippen LogP contribution in [-0.2, 0) is 19.6 Å². The van der Waals surface area contributed by atoms with Crippen molar-refractivity contribution in [3.8, 4) is 11.5 Å². The van der Waals surface area contributed by atoms with Gasteiger partial charge in [-0.3, -0.25) is 9.69 Å². The molecule has 3 aromatic heterocycles. The molecule has 0 bridgehead atoms. The predicted molar refractivity (Wildman–Crippen MR) is 132 cm³/mol. The molecule has 1 atom stereocenters. The molecule has 9 nitrogen and oxygen atoms in total. The Hall–Kier alpha value is -3.33. The van der Waals surface area contributed by atoms with Gasteiger partial charge in [0, 0.05) is 37.7 Å². The van der Waals surface area contributed by atoms with E-state index < -0.39 is 0 Å². The van der Waals surface area contributed by atoms with E-state index in [1.165, 1.54) is 0 Å². The van der Waals surface area contributed by atoms with Gasteiger partial charge in [-0.1, -0.05) is 13.0 Å². The van der Waals surface area contributed by atoms with Crippen molar-refractivity contribution in [1.29, 1.82) is 0 Å². The van der Waals surface area contributed by atoms with Crippen LogP contribution in [0.5, 0.6) is 0 Å². The van der Waals surface area contributed by atoms with Crippen LogP contribution in [0, 0.1) is 0 Å². The Morgan fingerprint density at radius 1 is 1.24 bits per heavy atom. The summed E-state index contributed by atoms with van der Waals surface area (Å²) in [7, 11) is 3.90. The van der Waals surface area contributed by atoms with Crippen LogP contribution in [0.1, 0.15) is 67.0 Å². The molecule has 3 aromatic rings. The lowest BCUT2D eigenvalue weighted by atomic mass is 10.0. The van der Waals surface area contributed by atoms with Crippen molar-refractivity contribution >= 4 is 17.5 Å². The van der Waals surface area contributed by atoms with Crippen LogP contribution in [0.4, 0.5) is 11.6 Å². The van der Waals surface area contributed by atoms with E-state index in [2.05, 4.69) is 45.8 Å². The Labute approximate surface area is 200 Å². The number of rotatable bonds is 6. The maximum Gasteiger partial charge on any atom is 0.260 e. The van der Waals surface area contributed by atoms with Gasteiger partial charge >= 0.3 is 0 Å². The van der Waals surface area contributed by atoms with Gasteiger partial charge in [0.1, 0.15) is 23.2 Å². The fourth-order valence-corrected chi connectivity index (χ4v) is 4.77. The normalized spacial score (nSPS) is 17.3. The zero-order valence-corrected chi connectivity index (χ0v) is 20.5. The summed E-state index contributed by atoms with van der Waals surface area (Å²) in [6.07, 6.45) is 2.23. The van der Waals surface area contributed by atoms with Gasteiger partial charge in [0.15, 0.2) is 5.82 Å². The SMILES string of the molecule is CNCc1nc(N(C)C(C)C)cc2c1CN(c1cccc(-c3nnc4n3CCCC4C)n1)C2=O. The number of anilines is 2. The first-order chi connectivity index (χ1) is 16.4. The summed E-state index contributed by atoms with van der Waals surface area (Å²) in [5, 5.41) is 12.1. The van der Waals surface area contributed by atoms with E-state index in [9.17, 15) is 4.79 Å². The fraction of sp³-hybridized carbons (Fsp3) is 0.480. The molecule has 0 saturated heterocycles. The van der Waals surface area contributed by atoms with Gasteiger partial charge < -0.3 is 14.8 Å². The topological polar surface area (TPSA) is 92.1 Å². The van der Waals surface area contributed by atoms with Crippen molar-refractivity contribution in [2.24, 2.45) is 0 Å². The van der Waals surface area contributed by atoms with Crippen LogP contribution < -0.4 is 15.1 Å². The van der Waals surface area contributed by atoms with Crippen LogP contribution in [-0.4, -0.2) is 50.8 Å². The maximum absolute atomic E-state index is 13.6. The first-order valence-corrected chi connectivity index (χ1v) is 12.0. The third-order valence-electron chi connectivity index (χ3n) is 6.95. The first kappa shape index (κ1) is 22.5. The molecule has 0 fully saturated rings. The smallest absolute Gasteiger partial charge is 0.260 e. The van der Waals surface area contributed by atoms with Gasteiger partial charge in [0.25, 0.3) is 5.91 Å². The third kappa shape index (κ3) is 3.73. The Kier molecular flexibility index (Phi) is 5.81. The molecule has 0 aromatic carbocycles. The molecule has 1 N–H and O–H groups in total. The minimum atomic E-state index is -0.0466. The van der Waals surface area contributed by atoms with E-state index in [1.807, 2.05) is 38.4 Å². The lowest BCUT2D eigenvalue weighted by Gasteiger charge is -2.24.